The molecule has 0 aliphatic carbocycles. The number of rotatable bonds is 4. The van der Waals surface area contributed by atoms with Crippen LogP contribution in [-0.2, 0) is 4.79 Å². The van der Waals surface area contributed by atoms with Crippen molar-refractivity contribution < 1.29 is 13.6 Å². The van der Waals surface area contributed by atoms with Crippen molar-refractivity contribution in [2.45, 2.75) is 30.7 Å². The second-order valence-electron chi connectivity index (χ2n) is 5.47. The number of likely N-dealkylation sites (tertiary alicyclic amines) is 1. The summed E-state index contributed by atoms with van der Waals surface area (Å²) in [7, 11) is 0. The highest BCUT2D eigenvalue weighted by molar-refractivity contribution is 8.00. The molecule has 0 aromatic heterocycles. The van der Waals surface area contributed by atoms with Crippen molar-refractivity contribution in [3.8, 4) is 0 Å². The number of amides is 1. The highest BCUT2D eigenvalue weighted by atomic mass is 32.2. The molecule has 2 atom stereocenters. The van der Waals surface area contributed by atoms with Gasteiger partial charge in [0, 0.05) is 24.0 Å². The fraction of sp³-hybridized carbons (Fsp3) is 0.533. The highest BCUT2D eigenvalue weighted by Crippen LogP contribution is 2.25. The quantitative estimate of drug-likeness (QED) is 0.869. The molecular formula is C15H20F2N2OS. The number of thioether (sulfide) groups is 1. The number of hydrogen-bond acceptors (Lipinski definition) is 3. The average molecular weight is 314 g/mol. The summed E-state index contributed by atoms with van der Waals surface area (Å²) in [5.74, 6) is -0.956. The van der Waals surface area contributed by atoms with Crippen molar-refractivity contribution in [2.24, 2.45) is 11.7 Å². The Kier molecular flexibility index (Phi) is 5.58. The summed E-state index contributed by atoms with van der Waals surface area (Å²) in [6, 6.07) is 3.76. The molecular weight excluding hydrogens is 294 g/mol. The van der Waals surface area contributed by atoms with Gasteiger partial charge in [0.15, 0.2) is 11.6 Å². The highest BCUT2D eigenvalue weighted by Gasteiger charge is 2.28. The molecule has 3 nitrogen and oxygen atoms in total. The van der Waals surface area contributed by atoms with E-state index in [9.17, 15) is 13.6 Å². The van der Waals surface area contributed by atoms with Crippen LogP contribution in [0.4, 0.5) is 8.78 Å². The zero-order chi connectivity index (χ0) is 15.4. The van der Waals surface area contributed by atoms with E-state index in [4.69, 9.17) is 5.73 Å². The van der Waals surface area contributed by atoms with Crippen molar-refractivity contribution in [2.75, 3.05) is 18.8 Å². The van der Waals surface area contributed by atoms with Gasteiger partial charge in [0.2, 0.25) is 5.91 Å². The summed E-state index contributed by atoms with van der Waals surface area (Å²) >= 11 is 1.22. The first-order valence-corrected chi connectivity index (χ1v) is 8.07. The van der Waals surface area contributed by atoms with Crippen molar-refractivity contribution in [1.29, 1.82) is 0 Å². The summed E-state index contributed by atoms with van der Waals surface area (Å²) in [4.78, 5) is 14.7. The molecule has 2 unspecified atom stereocenters. The van der Waals surface area contributed by atoms with Crippen LogP contribution in [0.15, 0.2) is 23.1 Å². The Bertz CT molecular complexity index is 512. The molecule has 1 aliphatic heterocycles. The molecule has 0 radical (unpaired) electrons. The fourth-order valence-electron chi connectivity index (χ4n) is 2.60. The molecule has 2 rings (SSSR count). The van der Waals surface area contributed by atoms with E-state index < -0.39 is 11.6 Å². The van der Waals surface area contributed by atoms with Crippen LogP contribution in [0.3, 0.4) is 0 Å². The SMILES string of the molecule is CC1CCN(C(=O)CSc2ccc(F)c(F)c2)C(CN)C1. The van der Waals surface area contributed by atoms with Gasteiger partial charge in [0.25, 0.3) is 0 Å². The third-order valence-corrected chi connectivity index (χ3v) is 4.80. The smallest absolute Gasteiger partial charge is 0.233 e. The Hall–Kier alpha value is -1.14. The maximum atomic E-state index is 13.1. The minimum atomic E-state index is -0.890. The van der Waals surface area contributed by atoms with E-state index in [1.807, 2.05) is 4.90 Å². The van der Waals surface area contributed by atoms with Crippen molar-refractivity contribution in [1.82, 2.24) is 4.90 Å². The maximum absolute atomic E-state index is 13.1. The predicted octanol–water partition coefficient (Wildman–Crippen LogP) is 2.64. The number of carbonyl (C=O) groups is 1. The second kappa shape index (κ2) is 7.22. The van der Waals surface area contributed by atoms with Crippen LogP contribution in [-0.4, -0.2) is 35.7 Å². The van der Waals surface area contributed by atoms with E-state index in [1.54, 1.807) is 0 Å². The number of halogens is 2. The summed E-state index contributed by atoms with van der Waals surface area (Å²) in [6.45, 7) is 3.35. The van der Waals surface area contributed by atoms with Gasteiger partial charge in [0.05, 0.1) is 5.75 Å². The third kappa shape index (κ3) is 4.17. The van der Waals surface area contributed by atoms with Gasteiger partial charge in [-0.25, -0.2) is 8.78 Å². The van der Waals surface area contributed by atoms with Gasteiger partial charge >= 0.3 is 0 Å². The maximum Gasteiger partial charge on any atom is 0.233 e. The molecule has 1 aliphatic rings. The largest absolute Gasteiger partial charge is 0.338 e. The first-order chi connectivity index (χ1) is 10.0. The number of carbonyl (C=O) groups excluding carboxylic acids is 1. The molecule has 1 saturated heterocycles. The van der Waals surface area contributed by atoms with Crippen molar-refractivity contribution in [3.63, 3.8) is 0 Å². The number of piperidine rings is 1. The molecule has 0 bridgehead atoms. The number of benzene rings is 1. The normalized spacial score (nSPS) is 22.4. The Morgan fingerprint density at radius 2 is 2.19 bits per heavy atom. The molecule has 1 fully saturated rings. The van der Waals surface area contributed by atoms with Gasteiger partial charge < -0.3 is 10.6 Å². The van der Waals surface area contributed by atoms with Crippen LogP contribution in [0.1, 0.15) is 19.8 Å². The molecule has 1 aromatic rings. The van der Waals surface area contributed by atoms with Crippen LogP contribution < -0.4 is 5.73 Å². The summed E-state index contributed by atoms with van der Waals surface area (Å²) in [5, 5.41) is 0. The van der Waals surface area contributed by atoms with Crippen LogP contribution in [0.2, 0.25) is 0 Å². The lowest BCUT2D eigenvalue weighted by Gasteiger charge is -2.38. The molecule has 0 saturated carbocycles. The lowest BCUT2D eigenvalue weighted by Crippen LogP contribution is -2.49. The number of nitrogens with zero attached hydrogens (tertiary/aromatic N) is 1. The second-order valence-corrected chi connectivity index (χ2v) is 6.52. The van der Waals surface area contributed by atoms with E-state index >= 15 is 0 Å². The molecule has 2 N–H and O–H groups in total. The summed E-state index contributed by atoms with van der Waals surface area (Å²) < 4.78 is 26.0. The van der Waals surface area contributed by atoms with Crippen LogP contribution in [0.25, 0.3) is 0 Å². The third-order valence-electron chi connectivity index (χ3n) is 3.82. The molecule has 116 valence electrons. The topological polar surface area (TPSA) is 46.3 Å². The molecule has 1 heterocycles. The van der Waals surface area contributed by atoms with Crippen molar-refractivity contribution in [3.05, 3.63) is 29.8 Å². The van der Waals surface area contributed by atoms with E-state index in [0.29, 0.717) is 17.4 Å². The molecule has 6 heteroatoms. The Balaban J connectivity index is 1.93. The Morgan fingerprint density at radius 1 is 1.43 bits per heavy atom. The van der Waals surface area contributed by atoms with Gasteiger partial charge in [-0.2, -0.15) is 0 Å². The summed E-state index contributed by atoms with van der Waals surface area (Å²) in [5.41, 5.74) is 5.75. The minimum absolute atomic E-state index is 0.00656. The minimum Gasteiger partial charge on any atom is -0.338 e. The Morgan fingerprint density at radius 3 is 2.86 bits per heavy atom. The van der Waals surface area contributed by atoms with Gasteiger partial charge in [-0.3, -0.25) is 4.79 Å². The molecule has 21 heavy (non-hydrogen) atoms. The monoisotopic (exact) mass is 314 g/mol. The molecule has 1 amide bonds. The van der Waals surface area contributed by atoms with Gasteiger partial charge in [0.1, 0.15) is 0 Å². The van der Waals surface area contributed by atoms with Crippen molar-refractivity contribution >= 4 is 17.7 Å². The van der Waals surface area contributed by atoms with Gasteiger partial charge in [-0.1, -0.05) is 6.92 Å². The predicted molar refractivity (Wildman–Crippen MR) is 80.0 cm³/mol. The van der Waals surface area contributed by atoms with Crippen LogP contribution in [0.5, 0.6) is 0 Å². The first kappa shape index (κ1) is 16.2. The number of hydrogen-bond donors (Lipinski definition) is 1. The van der Waals surface area contributed by atoms with Crippen LogP contribution >= 0.6 is 11.8 Å². The van der Waals surface area contributed by atoms with E-state index in [2.05, 4.69) is 6.92 Å². The van der Waals surface area contributed by atoms with Gasteiger partial charge in [-0.15, -0.1) is 11.8 Å². The van der Waals surface area contributed by atoms with E-state index in [1.165, 1.54) is 17.8 Å². The summed E-state index contributed by atoms with van der Waals surface area (Å²) in [6.07, 6.45) is 1.91. The average Bonchev–Trinajstić information content (AvgIpc) is 2.48. The lowest BCUT2D eigenvalue weighted by molar-refractivity contribution is -0.132. The standard InChI is InChI=1S/C15H20F2N2OS/c1-10-4-5-19(11(6-10)8-18)15(20)9-21-12-2-3-13(16)14(17)7-12/h2-3,7,10-11H,4-6,8-9,18H2,1H3. The lowest BCUT2D eigenvalue weighted by atomic mass is 9.92. The van der Waals surface area contributed by atoms with E-state index in [-0.39, 0.29) is 17.7 Å². The fourth-order valence-corrected chi connectivity index (χ4v) is 3.41. The van der Waals surface area contributed by atoms with E-state index in [0.717, 1.165) is 31.5 Å². The number of nitrogens with two attached hydrogens (primary N) is 1. The zero-order valence-electron chi connectivity index (χ0n) is 12.0. The van der Waals surface area contributed by atoms with Gasteiger partial charge in [-0.05, 0) is 37.0 Å². The first-order valence-electron chi connectivity index (χ1n) is 7.08. The molecule has 1 aromatic carbocycles. The Labute approximate surface area is 127 Å². The zero-order valence-corrected chi connectivity index (χ0v) is 12.8. The molecule has 0 spiro atoms. The van der Waals surface area contributed by atoms with Crippen LogP contribution in [0, 0.1) is 17.6 Å².